The van der Waals surface area contributed by atoms with Gasteiger partial charge < -0.3 is 18.9 Å². The number of hydrogen-bond donors (Lipinski definition) is 0. The molecule has 1 saturated heterocycles. The molecule has 0 radical (unpaired) electrons. The average Bonchev–Trinajstić information content (AvgIpc) is 3.41. The van der Waals surface area contributed by atoms with Crippen LogP contribution in [0.3, 0.4) is 0 Å². The minimum absolute atomic E-state index is 0.0838. The summed E-state index contributed by atoms with van der Waals surface area (Å²) < 4.78 is 65.1. The van der Waals surface area contributed by atoms with Gasteiger partial charge in [-0.3, -0.25) is 14.4 Å². The van der Waals surface area contributed by atoms with Gasteiger partial charge in [-0.25, -0.2) is 22.8 Å². The standard InChI is InChI=1S/C26H22F3N5O7S/c1-12(35)38-11-21-24(39-13(2)36)23(34-10-20(32-33-34)15-6-18(27)22(29)19(28)7-15)25(40-14(3)37)26(41-21)42-17-5-4-16(8-30)31-9-17/h4-7,9-10,21,23-26H,11H2,1-3H3/t21-,23+,24+,25-,26-/m1/s1. The van der Waals surface area contributed by atoms with Crippen molar-refractivity contribution in [3.63, 3.8) is 0 Å². The summed E-state index contributed by atoms with van der Waals surface area (Å²) in [4.78, 5) is 40.6. The van der Waals surface area contributed by atoms with Gasteiger partial charge in [0, 0.05) is 37.4 Å². The van der Waals surface area contributed by atoms with Crippen LogP contribution in [0, 0.1) is 28.8 Å². The molecule has 1 fully saturated rings. The molecule has 0 bridgehead atoms. The lowest BCUT2D eigenvalue weighted by Crippen LogP contribution is -2.57. The first-order valence-electron chi connectivity index (χ1n) is 12.2. The molecule has 2 aromatic heterocycles. The number of hydrogen-bond acceptors (Lipinski definition) is 12. The number of rotatable bonds is 8. The number of pyridine rings is 1. The fraction of sp³-hybridized carbons (Fsp3) is 0.346. The van der Waals surface area contributed by atoms with Gasteiger partial charge in [-0.15, -0.1) is 5.10 Å². The highest BCUT2D eigenvalue weighted by atomic mass is 32.2. The number of benzene rings is 1. The molecule has 1 aliphatic heterocycles. The third kappa shape index (κ3) is 7.04. The van der Waals surface area contributed by atoms with Gasteiger partial charge in [-0.1, -0.05) is 17.0 Å². The second kappa shape index (κ2) is 13.0. The Balaban J connectivity index is 1.81. The summed E-state index contributed by atoms with van der Waals surface area (Å²) in [6, 6.07) is 5.23. The molecular formula is C26H22F3N5O7S. The van der Waals surface area contributed by atoms with Crippen molar-refractivity contribution in [1.82, 2.24) is 20.0 Å². The normalized spacial score (nSPS) is 21.7. The lowest BCUT2D eigenvalue weighted by Gasteiger charge is -2.44. The first-order chi connectivity index (χ1) is 20.0. The minimum atomic E-state index is -1.66. The van der Waals surface area contributed by atoms with Crippen molar-refractivity contribution in [3.05, 3.63) is 59.8 Å². The number of halogens is 3. The summed E-state index contributed by atoms with van der Waals surface area (Å²) >= 11 is 1.05. The SMILES string of the molecule is CC(=O)OC[C@H]1O[C@H](Sc2ccc(C#N)nc2)[C@H](OC(C)=O)[C@@H](n2cc(-c3cc(F)c(F)c(F)c3)nn2)[C@H]1OC(C)=O. The van der Waals surface area contributed by atoms with Crippen molar-refractivity contribution in [2.45, 2.75) is 55.5 Å². The number of esters is 3. The van der Waals surface area contributed by atoms with Gasteiger partial charge in [0.1, 0.15) is 41.6 Å². The summed E-state index contributed by atoms with van der Waals surface area (Å²) in [6.45, 7) is 3.06. The van der Waals surface area contributed by atoms with E-state index in [1.165, 1.54) is 25.4 Å². The number of aromatic nitrogens is 4. The van der Waals surface area contributed by atoms with Crippen LogP contribution in [-0.4, -0.2) is 68.2 Å². The highest BCUT2D eigenvalue weighted by Crippen LogP contribution is 2.41. The minimum Gasteiger partial charge on any atom is -0.463 e. The van der Waals surface area contributed by atoms with Gasteiger partial charge in [0.15, 0.2) is 29.7 Å². The van der Waals surface area contributed by atoms with Crippen LogP contribution in [0.15, 0.2) is 41.6 Å². The number of ether oxygens (including phenoxy) is 4. The number of nitriles is 1. The molecule has 0 unspecified atom stereocenters. The first-order valence-corrected chi connectivity index (χ1v) is 13.1. The molecule has 0 spiro atoms. The van der Waals surface area contributed by atoms with Crippen LogP contribution in [0.2, 0.25) is 0 Å². The molecule has 16 heteroatoms. The Morgan fingerprint density at radius 3 is 2.29 bits per heavy atom. The second-order valence-corrected chi connectivity index (χ2v) is 10.1. The van der Waals surface area contributed by atoms with Crippen molar-refractivity contribution >= 4 is 29.7 Å². The predicted molar refractivity (Wildman–Crippen MR) is 136 cm³/mol. The average molecular weight is 606 g/mol. The molecule has 1 aliphatic rings. The van der Waals surface area contributed by atoms with Gasteiger partial charge in [-0.05, 0) is 24.3 Å². The zero-order chi connectivity index (χ0) is 30.6. The molecule has 0 N–H and O–H groups in total. The summed E-state index contributed by atoms with van der Waals surface area (Å²) in [5.74, 6) is -6.70. The zero-order valence-electron chi connectivity index (χ0n) is 22.2. The fourth-order valence-corrected chi connectivity index (χ4v) is 5.26. The lowest BCUT2D eigenvalue weighted by atomic mass is 9.96. The van der Waals surface area contributed by atoms with E-state index in [9.17, 15) is 27.6 Å². The Labute approximate surface area is 240 Å². The Kier molecular flexibility index (Phi) is 9.43. The van der Waals surface area contributed by atoms with Crippen molar-refractivity contribution in [2.75, 3.05) is 6.61 Å². The van der Waals surface area contributed by atoms with Gasteiger partial charge in [0.25, 0.3) is 0 Å². The summed E-state index contributed by atoms with van der Waals surface area (Å²) in [5, 5.41) is 17.0. The van der Waals surface area contributed by atoms with Crippen LogP contribution in [-0.2, 0) is 33.3 Å². The number of carbonyl (C=O) groups is 3. The molecule has 3 heterocycles. The van der Waals surface area contributed by atoms with Crippen LogP contribution in [0.5, 0.6) is 0 Å². The Morgan fingerprint density at radius 2 is 1.71 bits per heavy atom. The maximum Gasteiger partial charge on any atom is 0.303 e. The molecule has 4 rings (SSSR count). The molecule has 5 atom stereocenters. The van der Waals surface area contributed by atoms with E-state index in [0.29, 0.717) is 4.90 Å². The molecule has 0 aliphatic carbocycles. The molecule has 220 valence electrons. The van der Waals surface area contributed by atoms with Crippen molar-refractivity contribution in [2.24, 2.45) is 0 Å². The molecular weight excluding hydrogens is 583 g/mol. The number of carbonyl (C=O) groups excluding carboxylic acids is 3. The molecule has 12 nitrogen and oxygen atoms in total. The molecule has 42 heavy (non-hydrogen) atoms. The highest BCUT2D eigenvalue weighted by molar-refractivity contribution is 7.99. The fourth-order valence-electron chi connectivity index (χ4n) is 4.19. The monoisotopic (exact) mass is 605 g/mol. The van der Waals surface area contributed by atoms with E-state index < -0.39 is 65.1 Å². The van der Waals surface area contributed by atoms with Crippen LogP contribution in [0.4, 0.5) is 13.2 Å². The highest BCUT2D eigenvalue weighted by Gasteiger charge is 2.52. The van der Waals surface area contributed by atoms with Crippen LogP contribution < -0.4 is 0 Å². The Morgan fingerprint density at radius 1 is 1.05 bits per heavy atom. The van der Waals surface area contributed by atoms with Crippen LogP contribution in [0.1, 0.15) is 32.5 Å². The molecule has 0 saturated carbocycles. The lowest BCUT2D eigenvalue weighted by molar-refractivity contribution is -0.212. The molecule has 3 aromatic rings. The maximum absolute atomic E-state index is 13.9. The summed E-state index contributed by atoms with van der Waals surface area (Å²) in [5.41, 5.74) is -1.12. The predicted octanol–water partition coefficient (Wildman–Crippen LogP) is 3.11. The quantitative estimate of drug-likeness (QED) is 0.210. The Hall–Kier alpha value is -4.49. The van der Waals surface area contributed by atoms with E-state index in [0.717, 1.165) is 42.4 Å². The number of thioether (sulfide) groups is 1. The summed E-state index contributed by atoms with van der Waals surface area (Å²) in [7, 11) is 0. The maximum atomic E-state index is 13.9. The number of nitrogens with zero attached hydrogens (tertiary/aromatic N) is 5. The third-order valence-electron chi connectivity index (χ3n) is 5.87. The van der Waals surface area contributed by atoms with Gasteiger partial charge in [0.05, 0.1) is 6.20 Å². The van der Waals surface area contributed by atoms with Crippen LogP contribution in [0.25, 0.3) is 11.3 Å². The molecule has 1 aromatic carbocycles. The summed E-state index contributed by atoms with van der Waals surface area (Å²) in [6.07, 6.45) is -0.998. The van der Waals surface area contributed by atoms with Crippen LogP contribution >= 0.6 is 11.8 Å². The van der Waals surface area contributed by atoms with Gasteiger partial charge in [0.2, 0.25) is 0 Å². The second-order valence-electron chi connectivity index (χ2n) is 8.93. The first kappa shape index (κ1) is 30.5. The van der Waals surface area contributed by atoms with E-state index in [1.807, 2.05) is 6.07 Å². The van der Waals surface area contributed by atoms with E-state index in [2.05, 4.69) is 15.3 Å². The van der Waals surface area contributed by atoms with Crippen molar-refractivity contribution < 1.29 is 46.5 Å². The van der Waals surface area contributed by atoms with Crippen molar-refractivity contribution in [1.29, 1.82) is 5.26 Å². The third-order valence-corrected chi connectivity index (χ3v) is 7.00. The van der Waals surface area contributed by atoms with E-state index >= 15 is 0 Å². The van der Waals surface area contributed by atoms with E-state index in [1.54, 1.807) is 6.07 Å². The van der Waals surface area contributed by atoms with Gasteiger partial charge in [-0.2, -0.15) is 5.26 Å². The largest absolute Gasteiger partial charge is 0.463 e. The van der Waals surface area contributed by atoms with Gasteiger partial charge >= 0.3 is 17.9 Å². The molecule has 0 amide bonds. The van der Waals surface area contributed by atoms with E-state index in [4.69, 9.17) is 24.2 Å². The topological polar surface area (TPSA) is 156 Å². The van der Waals surface area contributed by atoms with Crippen molar-refractivity contribution in [3.8, 4) is 17.3 Å². The Bertz CT molecular complexity index is 1510. The smallest absolute Gasteiger partial charge is 0.303 e. The zero-order valence-corrected chi connectivity index (χ0v) is 23.0. The van der Waals surface area contributed by atoms with E-state index in [-0.39, 0.29) is 23.6 Å².